The Balaban J connectivity index is 1.48. The van der Waals surface area contributed by atoms with E-state index >= 15 is 0 Å². The van der Waals surface area contributed by atoms with Gasteiger partial charge in [0.1, 0.15) is 17.3 Å². The zero-order chi connectivity index (χ0) is 28.0. The summed E-state index contributed by atoms with van der Waals surface area (Å²) in [7, 11) is 1.58. The number of halogens is 4. The highest BCUT2D eigenvalue weighted by Crippen LogP contribution is 2.42. The summed E-state index contributed by atoms with van der Waals surface area (Å²) in [6.45, 7) is 1.67. The molecule has 0 aromatic heterocycles. The number of ether oxygens (including phenoxy) is 3. The van der Waals surface area contributed by atoms with Crippen molar-refractivity contribution in [3.8, 4) is 11.5 Å². The van der Waals surface area contributed by atoms with Crippen LogP contribution in [0.25, 0.3) is 0 Å². The van der Waals surface area contributed by atoms with Crippen molar-refractivity contribution < 1.29 is 41.4 Å². The molecule has 8 nitrogen and oxygen atoms in total. The first-order valence-corrected chi connectivity index (χ1v) is 12.7. The van der Waals surface area contributed by atoms with Crippen LogP contribution in [0.15, 0.2) is 42.5 Å². The number of nitrogens with zero attached hydrogens (tertiary/aromatic N) is 1. The van der Waals surface area contributed by atoms with Crippen LogP contribution in [0.1, 0.15) is 36.3 Å². The van der Waals surface area contributed by atoms with E-state index in [9.17, 15) is 27.2 Å². The Hall–Kier alpha value is -3.54. The summed E-state index contributed by atoms with van der Waals surface area (Å²) < 4.78 is 67.5. The summed E-state index contributed by atoms with van der Waals surface area (Å²) in [4.78, 5) is 27.0. The molecule has 2 aromatic rings. The number of benzene rings is 2. The predicted octanol–water partition coefficient (Wildman–Crippen LogP) is 4.14. The van der Waals surface area contributed by atoms with Gasteiger partial charge in [-0.1, -0.05) is 24.3 Å². The number of likely N-dealkylation sites (tertiary alicyclic amines) is 1. The second kappa shape index (κ2) is 12.1. The molecule has 0 radical (unpaired) electrons. The van der Waals surface area contributed by atoms with Gasteiger partial charge in [0.05, 0.1) is 18.6 Å². The largest absolute Gasteiger partial charge is 0.573 e. The Kier molecular flexibility index (Phi) is 8.83. The normalized spacial score (nSPS) is 18.8. The van der Waals surface area contributed by atoms with Gasteiger partial charge in [-0.25, -0.2) is 9.18 Å². The number of rotatable bonds is 9. The van der Waals surface area contributed by atoms with Crippen molar-refractivity contribution >= 4 is 11.9 Å². The molecule has 12 heteroatoms. The average Bonchev–Trinajstić information content (AvgIpc) is 2.88. The van der Waals surface area contributed by atoms with E-state index in [1.54, 1.807) is 24.1 Å². The van der Waals surface area contributed by atoms with Crippen molar-refractivity contribution in [1.29, 1.82) is 0 Å². The zero-order valence-corrected chi connectivity index (χ0v) is 21.5. The van der Waals surface area contributed by atoms with Crippen LogP contribution in [0.3, 0.4) is 0 Å². The number of alkyl halides is 3. The molecule has 2 N–H and O–H groups in total. The van der Waals surface area contributed by atoms with Crippen LogP contribution in [0.5, 0.6) is 11.5 Å². The van der Waals surface area contributed by atoms with E-state index in [1.165, 1.54) is 30.3 Å². The predicted molar refractivity (Wildman–Crippen MR) is 133 cm³/mol. The third-order valence-electron chi connectivity index (χ3n) is 7.15. The molecule has 2 saturated heterocycles. The van der Waals surface area contributed by atoms with E-state index in [1.807, 2.05) is 0 Å². The lowest BCUT2D eigenvalue weighted by Crippen LogP contribution is -2.66. The van der Waals surface area contributed by atoms with Crippen LogP contribution in [0, 0.1) is 5.82 Å². The van der Waals surface area contributed by atoms with E-state index in [0.717, 1.165) is 5.56 Å². The van der Waals surface area contributed by atoms with E-state index in [2.05, 4.69) is 15.4 Å². The highest BCUT2D eigenvalue weighted by Gasteiger charge is 2.47. The number of para-hydroxylation sites is 1. The maximum absolute atomic E-state index is 14.1. The molecule has 1 spiro atoms. The van der Waals surface area contributed by atoms with Gasteiger partial charge in [0.2, 0.25) is 5.91 Å². The molecule has 2 fully saturated rings. The fourth-order valence-electron chi connectivity index (χ4n) is 5.24. The highest BCUT2D eigenvalue weighted by molar-refractivity contribution is 5.80. The van der Waals surface area contributed by atoms with E-state index < -0.39 is 23.5 Å². The minimum atomic E-state index is -4.87. The molecule has 2 aliphatic rings. The molecule has 2 aromatic carbocycles. The van der Waals surface area contributed by atoms with Crippen LogP contribution in [-0.4, -0.2) is 68.7 Å². The van der Waals surface area contributed by atoms with E-state index in [4.69, 9.17) is 9.47 Å². The summed E-state index contributed by atoms with van der Waals surface area (Å²) in [5.74, 6) is -1.09. The number of nitrogens with one attached hydrogen (secondary N) is 2. The molecule has 0 bridgehead atoms. The summed E-state index contributed by atoms with van der Waals surface area (Å²) in [6.07, 6.45) is -3.71. The Morgan fingerprint density at radius 3 is 2.56 bits per heavy atom. The molecule has 212 valence electrons. The maximum atomic E-state index is 14.1. The molecule has 2 aliphatic heterocycles. The lowest BCUT2D eigenvalue weighted by atomic mass is 9.71. The summed E-state index contributed by atoms with van der Waals surface area (Å²) in [6, 6.07) is 9.54. The van der Waals surface area contributed by atoms with Gasteiger partial charge in [0.15, 0.2) is 0 Å². The fraction of sp³-hybridized carbons (Fsp3) is 0.481. The van der Waals surface area contributed by atoms with Crippen LogP contribution in [0.2, 0.25) is 0 Å². The fourth-order valence-corrected chi connectivity index (χ4v) is 5.24. The third kappa shape index (κ3) is 7.11. The highest BCUT2D eigenvalue weighted by atomic mass is 19.4. The van der Waals surface area contributed by atoms with E-state index in [0.29, 0.717) is 44.8 Å². The molecule has 2 heterocycles. The van der Waals surface area contributed by atoms with Crippen LogP contribution >= 0.6 is 0 Å². The van der Waals surface area contributed by atoms with E-state index in [-0.39, 0.29) is 42.9 Å². The number of carbonyl (C=O) groups is 2. The quantitative estimate of drug-likeness (QED) is 0.360. The number of amides is 3. The number of methoxy groups -OCH3 is 1. The first-order valence-electron chi connectivity index (χ1n) is 12.7. The number of urea groups is 1. The maximum Gasteiger partial charge on any atom is 0.573 e. The monoisotopic (exact) mass is 553 g/mol. The number of hydrogen-bond donors (Lipinski definition) is 2. The van der Waals surface area contributed by atoms with Crippen LogP contribution < -0.4 is 20.1 Å². The van der Waals surface area contributed by atoms with Gasteiger partial charge in [-0.3, -0.25) is 4.79 Å². The minimum absolute atomic E-state index is 0.134. The van der Waals surface area contributed by atoms with Gasteiger partial charge in [-0.15, -0.1) is 13.2 Å². The molecule has 4 rings (SSSR count). The van der Waals surface area contributed by atoms with Gasteiger partial charge in [-0.05, 0) is 25.0 Å². The summed E-state index contributed by atoms with van der Waals surface area (Å²) in [5, 5.41) is 5.85. The molecular weight excluding hydrogens is 522 g/mol. The van der Waals surface area contributed by atoms with Crippen molar-refractivity contribution in [3.63, 3.8) is 0 Å². The Bertz CT molecular complexity index is 1170. The second-order valence-corrected chi connectivity index (χ2v) is 9.63. The molecule has 1 atom stereocenters. The average molecular weight is 554 g/mol. The first-order chi connectivity index (χ1) is 18.6. The summed E-state index contributed by atoms with van der Waals surface area (Å²) in [5.41, 5.74) is 0.146. The van der Waals surface area contributed by atoms with Crippen molar-refractivity contribution in [2.24, 2.45) is 0 Å². The van der Waals surface area contributed by atoms with Gasteiger partial charge >= 0.3 is 12.4 Å². The topological polar surface area (TPSA) is 89.1 Å². The first kappa shape index (κ1) is 28.5. The Morgan fingerprint density at radius 2 is 1.85 bits per heavy atom. The standard InChI is InChI=1S/C27H31F4N3O5/c1-37-13-4-14-38-23-16-19(28)7-8-20(23)21-17-32-25(36)33-26(21)9-11-34(12-10-26)24(35)15-18-5-2-3-6-22(18)39-27(29,30)31/h2-3,5-8,16,21H,4,9-15,17H2,1H3,(H2,32,33,36)/t21-/m1/s1. The van der Waals surface area contributed by atoms with Crippen LogP contribution in [-0.2, 0) is 16.0 Å². The zero-order valence-electron chi connectivity index (χ0n) is 21.5. The molecule has 39 heavy (non-hydrogen) atoms. The van der Waals surface area contributed by atoms with Crippen molar-refractivity contribution in [3.05, 3.63) is 59.4 Å². The van der Waals surface area contributed by atoms with Crippen LogP contribution in [0.4, 0.5) is 22.4 Å². The lowest BCUT2D eigenvalue weighted by molar-refractivity contribution is -0.274. The van der Waals surface area contributed by atoms with Gasteiger partial charge in [0, 0.05) is 62.9 Å². The SMILES string of the molecule is COCCCOc1cc(F)ccc1[C@H]1CNC(=O)NC12CCN(C(=O)Cc1ccccc1OC(F)(F)F)CC2. The molecular formula is C27H31F4N3O5. The molecule has 0 unspecified atom stereocenters. The van der Waals surface area contributed by atoms with Gasteiger partial charge in [-0.2, -0.15) is 0 Å². The van der Waals surface area contributed by atoms with Crippen molar-refractivity contribution in [2.75, 3.05) is 40.0 Å². The summed E-state index contributed by atoms with van der Waals surface area (Å²) >= 11 is 0. The number of carbonyl (C=O) groups excluding carboxylic acids is 2. The van der Waals surface area contributed by atoms with Crippen molar-refractivity contribution in [1.82, 2.24) is 15.5 Å². The number of piperidine rings is 1. The third-order valence-corrected chi connectivity index (χ3v) is 7.15. The second-order valence-electron chi connectivity index (χ2n) is 9.63. The van der Waals surface area contributed by atoms with Gasteiger partial charge < -0.3 is 29.7 Å². The number of hydrogen-bond acceptors (Lipinski definition) is 5. The smallest absolute Gasteiger partial charge is 0.493 e. The minimum Gasteiger partial charge on any atom is -0.493 e. The van der Waals surface area contributed by atoms with Gasteiger partial charge in [0.25, 0.3) is 0 Å². The lowest BCUT2D eigenvalue weighted by Gasteiger charge is -2.49. The molecule has 0 aliphatic carbocycles. The molecule has 3 amide bonds. The molecule has 0 saturated carbocycles. The van der Waals surface area contributed by atoms with Crippen molar-refractivity contribution in [2.45, 2.75) is 43.5 Å². The Morgan fingerprint density at radius 1 is 1.10 bits per heavy atom. The Labute approximate surface area is 223 Å².